The van der Waals surface area contributed by atoms with Gasteiger partial charge in [-0.15, -0.1) is 0 Å². The number of hydrogen-bond donors (Lipinski definition) is 1. The molecule has 0 aliphatic rings. The number of benzene rings is 3. The summed E-state index contributed by atoms with van der Waals surface area (Å²) >= 11 is 0. The molecular weight excluding hydrogens is 528 g/mol. The molecule has 0 atom stereocenters. The van der Waals surface area contributed by atoms with E-state index in [-0.39, 0.29) is 23.3 Å². The number of Topliss-reactive ketones (excluding diaryl/α,β-unsaturated/α-hetero) is 2. The lowest BCUT2D eigenvalue weighted by Crippen LogP contribution is -2.19. The van der Waals surface area contributed by atoms with Crippen LogP contribution in [0.25, 0.3) is 0 Å². The SMILES string of the molecule is O=C(O)c1cccc(C(CC(=O)c2ccc(F)cc2C(F)(F)F)CC(=O)c2ccc(F)cc2C(F)(F)F)c1. The second-order valence-corrected chi connectivity index (χ2v) is 8.26. The Morgan fingerprint density at radius 3 is 1.53 bits per heavy atom. The maximum atomic E-state index is 13.5. The largest absolute Gasteiger partial charge is 0.478 e. The van der Waals surface area contributed by atoms with Crippen molar-refractivity contribution in [2.75, 3.05) is 0 Å². The molecule has 0 unspecified atom stereocenters. The van der Waals surface area contributed by atoms with Gasteiger partial charge in [0, 0.05) is 24.0 Å². The van der Waals surface area contributed by atoms with Crippen molar-refractivity contribution in [2.45, 2.75) is 31.1 Å². The van der Waals surface area contributed by atoms with Gasteiger partial charge in [0.1, 0.15) is 11.6 Å². The Bertz CT molecular complexity index is 1320. The van der Waals surface area contributed by atoms with Gasteiger partial charge in [-0.25, -0.2) is 13.6 Å². The van der Waals surface area contributed by atoms with E-state index < -0.39 is 82.5 Å². The standard InChI is InChI=1S/C26H16F8O4/c27-16-4-6-18(20(11-16)25(29,30)31)22(35)9-15(13-2-1-3-14(8-13)24(37)38)10-23(36)19-7-5-17(28)12-21(19)26(32,33)34/h1-8,11-12,15H,9-10H2,(H,37,38). The first-order valence-corrected chi connectivity index (χ1v) is 10.7. The molecule has 0 fully saturated rings. The molecule has 12 heteroatoms. The topological polar surface area (TPSA) is 71.4 Å². The predicted octanol–water partition coefficient (Wildman–Crippen LogP) is 7.33. The normalized spacial score (nSPS) is 12.0. The predicted molar refractivity (Wildman–Crippen MR) is 117 cm³/mol. The van der Waals surface area contributed by atoms with E-state index in [9.17, 15) is 54.6 Å². The third-order valence-corrected chi connectivity index (χ3v) is 5.64. The average molecular weight is 544 g/mol. The van der Waals surface area contributed by atoms with Crippen molar-refractivity contribution in [3.05, 3.63) is 106 Å². The number of carbonyl (C=O) groups is 3. The molecule has 0 aromatic heterocycles. The van der Waals surface area contributed by atoms with Gasteiger partial charge in [0.15, 0.2) is 11.6 Å². The van der Waals surface area contributed by atoms with Crippen LogP contribution in [0.1, 0.15) is 66.5 Å². The molecule has 0 heterocycles. The van der Waals surface area contributed by atoms with E-state index in [1.165, 1.54) is 12.1 Å². The number of hydrogen-bond acceptors (Lipinski definition) is 3. The molecule has 4 nitrogen and oxygen atoms in total. The van der Waals surface area contributed by atoms with E-state index in [1.807, 2.05) is 0 Å². The molecule has 0 radical (unpaired) electrons. The van der Waals surface area contributed by atoms with Gasteiger partial charge in [-0.05, 0) is 60.0 Å². The molecule has 0 spiro atoms. The van der Waals surface area contributed by atoms with Crippen molar-refractivity contribution < 1.29 is 54.6 Å². The van der Waals surface area contributed by atoms with Gasteiger partial charge >= 0.3 is 18.3 Å². The Hall–Kier alpha value is -4.09. The second kappa shape index (κ2) is 10.7. The van der Waals surface area contributed by atoms with Gasteiger partial charge in [0.2, 0.25) is 0 Å². The Balaban J connectivity index is 2.06. The highest BCUT2D eigenvalue weighted by Gasteiger charge is 2.38. The Labute approximate surface area is 209 Å². The van der Waals surface area contributed by atoms with Gasteiger partial charge in [-0.3, -0.25) is 9.59 Å². The highest BCUT2D eigenvalue weighted by atomic mass is 19.4. The molecule has 38 heavy (non-hydrogen) atoms. The summed E-state index contributed by atoms with van der Waals surface area (Å²) in [5.74, 6) is -7.78. The van der Waals surface area contributed by atoms with E-state index in [0.29, 0.717) is 24.3 Å². The molecule has 0 aliphatic carbocycles. The van der Waals surface area contributed by atoms with Crippen LogP contribution in [0.4, 0.5) is 35.1 Å². The summed E-state index contributed by atoms with van der Waals surface area (Å²) in [6.07, 6.45) is -12.0. The first-order valence-electron chi connectivity index (χ1n) is 10.7. The molecule has 3 aromatic carbocycles. The first-order chi connectivity index (χ1) is 17.6. The Morgan fingerprint density at radius 2 is 1.13 bits per heavy atom. The van der Waals surface area contributed by atoms with E-state index in [1.54, 1.807) is 0 Å². The van der Waals surface area contributed by atoms with Crippen LogP contribution >= 0.6 is 0 Å². The number of carboxylic acid groups (broad SMARTS) is 1. The molecule has 1 N–H and O–H groups in total. The van der Waals surface area contributed by atoms with Crippen LogP contribution in [0.3, 0.4) is 0 Å². The van der Waals surface area contributed by atoms with E-state index in [4.69, 9.17) is 0 Å². The fourth-order valence-electron chi connectivity index (χ4n) is 3.89. The molecule has 3 aromatic rings. The van der Waals surface area contributed by atoms with E-state index in [2.05, 4.69) is 0 Å². The zero-order valence-electron chi connectivity index (χ0n) is 19.0. The van der Waals surface area contributed by atoms with Crippen LogP contribution in [0, 0.1) is 11.6 Å². The smallest absolute Gasteiger partial charge is 0.417 e. The number of rotatable bonds is 8. The molecule has 3 rings (SSSR count). The van der Waals surface area contributed by atoms with Gasteiger partial charge in [-0.1, -0.05) is 12.1 Å². The minimum absolute atomic E-state index is 0.0297. The minimum atomic E-state index is -5.13. The van der Waals surface area contributed by atoms with Gasteiger partial charge in [0.25, 0.3) is 0 Å². The van der Waals surface area contributed by atoms with Crippen molar-refractivity contribution in [2.24, 2.45) is 0 Å². The van der Waals surface area contributed by atoms with Crippen LogP contribution in [0.15, 0.2) is 60.7 Å². The summed E-state index contributed by atoms with van der Waals surface area (Å²) in [6.45, 7) is 0. The lowest BCUT2D eigenvalue weighted by molar-refractivity contribution is -0.138. The summed E-state index contributed by atoms with van der Waals surface area (Å²) < 4.78 is 108. The maximum Gasteiger partial charge on any atom is 0.417 e. The summed E-state index contributed by atoms with van der Waals surface area (Å²) in [6, 6.07) is 7.27. The van der Waals surface area contributed by atoms with Crippen LogP contribution in [0.2, 0.25) is 0 Å². The summed E-state index contributed by atoms with van der Waals surface area (Å²) in [4.78, 5) is 37.3. The molecule has 200 valence electrons. The van der Waals surface area contributed by atoms with Gasteiger partial charge in [-0.2, -0.15) is 26.3 Å². The van der Waals surface area contributed by atoms with Crippen LogP contribution in [-0.4, -0.2) is 22.6 Å². The Morgan fingerprint density at radius 1 is 0.684 bits per heavy atom. The highest BCUT2D eigenvalue weighted by molar-refractivity contribution is 6.01. The number of carbonyl (C=O) groups excluding carboxylic acids is 2. The van der Waals surface area contributed by atoms with E-state index in [0.717, 1.165) is 12.1 Å². The molecular formula is C26H16F8O4. The van der Waals surface area contributed by atoms with Crippen molar-refractivity contribution in [3.8, 4) is 0 Å². The fraction of sp³-hybridized carbons (Fsp3) is 0.192. The third kappa shape index (κ3) is 6.61. The zero-order valence-corrected chi connectivity index (χ0v) is 19.0. The molecule has 0 amide bonds. The first kappa shape index (κ1) is 28.5. The summed E-state index contributed by atoms with van der Waals surface area (Å²) in [7, 11) is 0. The zero-order chi connectivity index (χ0) is 28.4. The fourth-order valence-corrected chi connectivity index (χ4v) is 3.89. The summed E-state index contributed by atoms with van der Waals surface area (Å²) in [5.41, 5.74) is -5.41. The van der Waals surface area contributed by atoms with E-state index >= 15 is 0 Å². The van der Waals surface area contributed by atoms with Crippen LogP contribution < -0.4 is 0 Å². The molecule has 0 bridgehead atoms. The number of aromatic carboxylic acids is 1. The monoisotopic (exact) mass is 544 g/mol. The summed E-state index contributed by atoms with van der Waals surface area (Å²) in [5, 5.41) is 9.26. The van der Waals surface area contributed by atoms with Crippen molar-refractivity contribution >= 4 is 17.5 Å². The quantitative estimate of drug-likeness (QED) is 0.238. The van der Waals surface area contributed by atoms with Gasteiger partial charge < -0.3 is 5.11 Å². The number of alkyl halides is 6. The molecule has 0 saturated heterocycles. The number of ketones is 2. The van der Waals surface area contributed by atoms with Crippen LogP contribution in [0.5, 0.6) is 0 Å². The average Bonchev–Trinajstić information content (AvgIpc) is 2.82. The molecule has 0 saturated carbocycles. The van der Waals surface area contributed by atoms with Crippen molar-refractivity contribution in [1.82, 2.24) is 0 Å². The van der Waals surface area contributed by atoms with Crippen molar-refractivity contribution in [1.29, 1.82) is 0 Å². The number of carboxylic acids is 1. The highest BCUT2D eigenvalue weighted by Crippen LogP contribution is 2.37. The second-order valence-electron chi connectivity index (χ2n) is 8.26. The van der Waals surface area contributed by atoms with Crippen molar-refractivity contribution in [3.63, 3.8) is 0 Å². The Kier molecular flexibility index (Phi) is 8.03. The molecule has 0 aliphatic heterocycles. The lowest BCUT2D eigenvalue weighted by Gasteiger charge is -2.20. The van der Waals surface area contributed by atoms with Crippen LogP contribution in [-0.2, 0) is 12.4 Å². The third-order valence-electron chi connectivity index (χ3n) is 5.64. The minimum Gasteiger partial charge on any atom is -0.478 e. The maximum absolute atomic E-state index is 13.5. The van der Waals surface area contributed by atoms with Gasteiger partial charge in [0.05, 0.1) is 16.7 Å². The number of halogens is 8. The lowest BCUT2D eigenvalue weighted by atomic mass is 9.84.